The highest BCUT2D eigenvalue weighted by Gasteiger charge is 2.31. The van der Waals surface area contributed by atoms with Crippen molar-refractivity contribution in [1.29, 1.82) is 0 Å². The summed E-state index contributed by atoms with van der Waals surface area (Å²) in [4.78, 5) is 31.8. The fraction of sp³-hybridized carbons (Fsp3) is 0.333. The van der Waals surface area contributed by atoms with Crippen molar-refractivity contribution in [2.45, 2.75) is 51.0 Å². The third kappa shape index (κ3) is 8.97. The first-order valence-corrected chi connectivity index (χ1v) is 13.1. The molecule has 43 heavy (non-hydrogen) atoms. The van der Waals surface area contributed by atoms with Crippen LogP contribution in [0, 0.1) is 0 Å². The summed E-state index contributed by atoms with van der Waals surface area (Å²) in [7, 11) is 0. The Hall–Kier alpha value is -4.55. The van der Waals surface area contributed by atoms with Gasteiger partial charge in [0.25, 0.3) is 11.8 Å². The van der Waals surface area contributed by atoms with E-state index in [0.717, 1.165) is 34.2 Å². The summed E-state index contributed by atoms with van der Waals surface area (Å²) in [5.74, 6) is -1.35. The maximum Gasteiger partial charge on any atom is 0.417 e. The van der Waals surface area contributed by atoms with Gasteiger partial charge in [0.1, 0.15) is 11.2 Å². The van der Waals surface area contributed by atoms with E-state index in [4.69, 9.17) is 0 Å². The van der Waals surface area contributed by atoms with Gasteiger partial charge in [-0.3, -0.25) is 19.6 Å². The molecular weight excluding hydrogens is 611 g/mol. The molecule has 0 aliphatic rings. The molecule has 0 aliphatic heterocycles. The number of halogens is 7. The van der Waals surface area contributed by atoms with E-state index in [1.54, 1.807) is 0 Å². The zero-order valence-electron chi connectivity index (χ0n) is 21.7. The van der Waals surface area contributed by atoms with Crippen LogP contribution in [0.1, 0.15) is 54.1 Å². The van der Waals surface area contributed by atoms with Crippen molar-refractivity contribution < 1.29 is 40.3 Å². The number of pyridine rings is 2. The second kappa shape index (κ2) is 13.2. The summed E-state index contributed by atoms with van der Waals surface area (Å²) in [6.45, 7) is -0.648. The summed E-state index contributed by atoms with van der Waals surface area (Å²) in [5, 5.41) is 20.2. The highest BCUT2D eigenvalue weighted by Crippen LogP contribution is 2.29. The first-order valence-electron chi connectivity index (χ1n) is 12.2. The first-order chi connectivity index (χ1) is 20.3. The lowest BCUT2D eigenvalue weighted by Gasteiger charge is -2.08. The van der Waals surface area contributed by atoms with Crippen LogP contribution in [0.3, 0.4) is 0 Å². The van der Waals surface area contributed by atoms with E-state index in [0.29, 0.717) is 17.4 Å². The SMILES string of the molecule is O=C(NCc1cncc(C(F)(F)F)c1)c1cn(CC(F)CCc2nnc(C(=O)NCc3ccc(C(F)(F)F)cn3)s2)nn1. The number of carbonyl (C=O) groups is 2. The molecule has 0 saturated heterocycles. The van der Waals surface area contributed by atoms with Crippen LogP contribution in [0.25, 0.3) is 0 Å². The molecule has 19 heteroatoms. The van der Waals surface area contributed by atoms with Gasteiger partial charge >= 0.3 is 12.4 Å². The molecule has 0 bridgehead atoms. The van der Waals surface area contributed by atoms with Crippen LogP contribution < -0.4 is 10.6 Å². The maximum atomic E-state index is 14.6. The highest BCUT2D eigenvalue weighted by atomic mass is 32.1. The average Bonchev–Trinajstić information content (AvgIpc) is 3.63. The summed E-state index contributed by atoms with van der Waals surface area (Å²) < 4.78 is 92.0. The molecule has 1 unspecified atom stereocenters. The zero-order valence-corrected chi connectivity index (χ0v) is 22.5. The third-order valence-electron chi connectivity index (χ3n) is 5.65. The van der Waals surface area contributed by atoms with Crippen molar-refractivity contribution in [3.8, 4) is 0 Å². The molecule has 0 aromatic carbocycles. The average molecular weight is 632 g/mol. The third-order valence-corrected chi connectivity index (χ3v) is 6.63. The normalized spacial score (nSPS) is 12.6. The monoisotopic (exact) mass is 631 g/mol. The highest BCUT2D eigenvalue weighted by molar-refractivity contribution is 7.13. The van der Waals surface area contributed by atoms with Gasteiger partial charge in [-0.25, -0.2) is 9.07 Å². The summed E-state index contributed by atoms with van der Waals surface area (Å²) in [6, 6.07) is 2.84. The molecule has 11 nitrogen and oxygen atoms in total. The van der Waals surface area contributed by atoms with Crippen LogP contribution in [0.15, 0.2) is 43.0 Å². The van der Waals surface area contributed by atoms with Crippen LogP contribution in [0.5, 0.6) is 0 Å². The zero-order chi connectivity index (χ0) is 31.2. The Balaban J connectivity index is 1.20. The maximum absolute atomic E-state index is 14.6. The molecule has 4 heterocycles. The molecule has 1 atom stereocenters. The second-order valence-electron chi connectivity index (χ2n) is 8.94. The van der Waals surface area contributed by atoms with E-state index in [-0.39, 0.29) is 54.4 Å². The van der Waals surface area contributed by atoms with Gasteiger partial charge in [0, 0.05) is 31.6 Å². The van der Waals surface area contributed by atoms with Crippen molar-refractivity contribution >= 4 is 23.2 Å². The lowest BCUT2D eigenvalue weighted by molar-refractivity contribution is -0.138. The van der Waals surface area contributed by atoms with Gasteiger partial charge in [-0.05, 0) is 30.2 Å². The standard InChI is InChI=1S/C24H20F7N9O2S/c25-16(11-40-12-18(36-39-40)20(41)34-7-13-5-15(8-32-6-13)24(29,30)31)2-4-19-37-38-22(43-19)21(42)35-10-17-3-1-14(9-33-17)23(26,27)28/h1,3,5-6,8-9,12,16H,2,4,7,10-11H2,(H,34,41)(H,35,42). The Kier molecular flexibility index (Phi) is 9.62. The summed E-state index contributed by atoms with van der Waals surface area (Å²) in [6.07, 6.45) is -6.77. The number of hydrogen-bond donors (Lipinski definition) is 2. The fourth-order valence-corrected chi connectivity index (χ4v) is 4.24. The molecule has 0 saturated carbocycles. The number of alkyl halides is 7. The molecule has 4 aromatic heterocycles. The van der Waals surface area contributed by atoms with E-state index >= 15 is 0 Å². The van der Waals surface area contributed by atoms with Crippen molar-refractivity contribution in [2.24, 2.45) is 0 Å². The minimum atomic E-state index is -4.58. The number of aromatic nitrogens is 7. The first kappa shape index (κ1) is 31.4. The molecule has 228 valence electrons. The van der Waals surface area contributed by atoms with E-state index in [1.165, 1.54) is 12.4 Å². The van der Waals surface area contributed by atoms with Crippen molar-refractivity contribution in [3.05, 3.63) is 81.1 Å². The van der Waals surface area contributed by atoms with Crippen LogP contribution in [-0.2, 0) is 38.4 Å². The Bertz CT molecular complexity index is 1560. The Morgan fingerprint density at radius 1 is 0.907 bits per heavy atom. The van der Waals surface area contributed by atoms with Crippen LogP contribution >= 0.6 is 11.3 Å². The number of nitrogens with one attached hydrogen (secondary N) is 2. The van der Waals surface area contributed by atoms with Crippen molar-refractivity contribution in [1.82, 2.24) is 45.8 Å². The lowest BCUT2D eigenvalue weighted by atomic mass is 10.2. The Morgan fingerprint density at radius 2 is 1.65 bits per heavy atom. The molecular formula is C24H20F7N9O2S. The Labute approximate surface area is 241 Å². The number of aryl methyl sites for hydroxylation is 1. The molecule has 0 fully saturated rings. The predicted molar refractivity (Wildman–Crippen MR) is 134 cm³/mol. The topological polar surface area (TPSA) is 140 Å². The summed E-state index contributed by atoms with van der Waals surface area (Å²) >= 11 is 0.919. The number of hydrogen-bond acceptors (Lipinski definition) is 9. The molecule has 0 aliphatic carbocycles. The minimum absolute atomic E-state index is 0.0230. The van der Waals surface area contributed by atoms with E-state index in [9.17, 15) is 40.3 Å². The van der Waals surface area contributed by atoms with E-state index in [2.05, 4.69) is 41.1 Å². The van der Waals surface area contributed by atoms with Gasteiger partial charge in [0.15, 0.2) is 5.69 Å². The quantitative estimate of drug-likeness (QED) is 0.239. The van der Waals surface area contributed by atoms with E-state index in [1.807, 2.05) is 0 Å². The molecule has 2 amide bonds. The van der Waals surface area contributed by atoms with Crippen molar-refractivity contribution in [3.63, 3.8) is 0 Å². The van der Waals surface area contributed by atoms with Crippen LogP contribution in [0.4, 0.5) is 30.7 Å². The van der Waals surface area contributed by atoms with Gasteiger partial charge in [-0.15, -0.1) is 15.3 Å². The van der Waals surface area contributed by atoms with Gasteiger partial charge in [-0.1, -0.05) is 16.6 Å². The minimum Gasteiger partial charge on any atom is -0.346 e. The van der Waals surface area contributed by atoms with Gasteiger partial charge in [-0.2, -0.15) is 26.3 Å². The molecule has 4 rings (SSSR count). The molecule has 0 spiro atoms. The van der Waals surface area contributed by atoms with Gasteiger partial charge in [0.2, 0.25) is 5.01 Å². The number of amides is 2. The van der Waals surface area contributed by atoms with Crippen LogP contribution in [-0.4, -0.2) is 53.1 Å². The molecule has 2 N–H and O–H groups in total. The second-order valence-corrected chi connectivity index (χ2v) is 10.0. The largest absolute Gasteiger partial charge is 0.417 e. The summed E-state index contributed by atoms with van der Waals surface area (Å²) in [5.41, 5.74) is -1.72. The number of rotatable bonds is 11. The molecule has 4 aromatic rings. The lowest BCUT2D eigenvalue weighted by Crippen LogP contribution is -2.23. The Morgan fingerprint density at radius 3 is 2.35 bits per heavy atom. The van der Waals surface area contributed by atoms with Gasteiger partial charge in [0.05, 0.1) is 36.1 Å². The van der Waals surface area contributed by atoms with Crippen molar-refractivity contribution in [2.75, 3.05) is 0 Å². The molecule has 0 radical (unpaired) electrons. The fourth-order valence-electron chi connectivity index (χ4n) is 3.47. The number of nitrogens with zero attached hydrogens (tertiary/aromatic N) is 7. The van der Waals surface area contributed by atoms with E-state index < -0.39 is 41.5 Å². The van der Waals surface area contributed by atoms with Crippen LogP contribution in [0.2, 0.25) is 0 Å². The number of carbonyl (C=O) groups excluding carboxylic acids is 2. The predicted octanol–water partition coefficient (Wildman–Crippen LogP) is 3.79. The smallest absolute Gasteiger partial charge is 0.346 e. The van der Waals surface area contributed by atoms with Gasteiger partial charge < -0.3 is 10.6 Å².